The van der Waals surface area contributed by atoms with Crippen LogP contribution in [0.3, 0.4) is 0 Å². The second kappa shape index (κ2) is 8.09. The molecule has 1 saturated heterocycles. The van der Waals surface area contributed by atoms with Crippen molar-refractivity contribution in [3.63, 3.8) is 0 Å². The molecular formula is C16H19F2N9O4. The van der Waals surface area contributed by atoms with Crippen molar-refractivity contribution in [3.05, 3.63) is 12.0 Å². The molecule has 5 N–H and O–H groups in total. The Hall–Kier alpha value is -3.30. The smallest absolute Gasteiger partial charge is 0.255 e. The first-order chi connectivity index (χ1) is 14.8. The zero-order chi connectivity index (χ0) is 22.3. The minimum Gasteiger partial charge on any atom is -0.387 e. The van der Waals surface area contributed by atoms with Crippen LogP contribution >= 0.6 is 0 Å². The van der Waals surface area contributed by atoms with Gasteiger partial charge in [0, 0.05) is 7.05 Å². The molecule has 0 aliphatic carbocycles. The van der Waals surface area contributed by atoms with Gasteiger partial charge in [-0.2, -0.15) is 0 Å². The highest BCUT2D eigenvalue weighted by Gasteiger charge is 2.47. The molecule has 1 aliphatic heterocycles. The number of hydrogen-bond acceptors (Lipinski definition) is 10. The number of carbonyl (C=O) groups excluding carboxylic acids is 1. The molecule has 3 aromatic heterocycles. The van der Waals surface area contributed by atoms with E-state index in [2.05, 4.69) is 41.0 Å². The number of H-pyrrole nitrogens is 1. The number of hydrogen-bond donors (Lipinski definition) is 5. The average Bonchev–Trinajstić information content (AvgIpc) is 3.44. The number of imidazole rings is 1. The minimum absolute atomic E-state index is 0.0114. The summed E-state index contributed by atoms with van der Waals surface area (Å²) in [6.45, 7) is 0.997. The van der Waals surface area contributed by atoms with Crippen molar-refractivity contribution < 1.29 is 28.5 Å². The highest BCUT2D eigenvalue weighted by Crippen LogP contribution is 2.33. The maximum Gasteiger partial charge on any atom is 0.255 e. The number of alkyl halides is 2. The first-order valence-electron chi connectivity index (χ1n) is 9.19. The van der Waals surface area contributed by atoms with Crippen molar-refractivity contribution in [2.75, 3.05) is 18.9 Å². The molecule has 3 aromatic rings. The van der Waals surface area contributed by atoms with E-state index in [9.17, 15) is 23.8 Å². The van der Waals surface area contributed by atoms with Gasteiger partial charge in [-0.3, -0.25) is 14.5 Å². The highest BCUT2D eigenvalue weighted by molar-refractivity contribution is 5.85. The van der Waals surface area contributed by atoms with Crippen molar-refractivity contribution in [2.45, 2.75) is 37.9 Å². The Balaban J connectivity index is 1.81. The molecule has 0 saturated carbocycles. The zero-order valence-corrected chi connectivity index (χ0v) is 16.3. The normalized spacial score (nSPS) is 23.6. The van der Waals surface area contributed by atoms with Gasteiger partial charge < -0.3 is 25.6 Å². The third kappa shape index (κ3) is 3.66. The topological polar surface area (TPSA) is 176 Å². The van der Waals surface area contributed by atoms with E-state index in [1.165, 1.54) is 17.9 Å². The van der Waals surface area contributed by atoms with Crippen LogP contribution in [0.25, 0.3) is 22.7 Å². The van der Waals surface area contributed by atoms with E-state index < -0.39 is 43.4 Å². The van der Waals surface area contributed by atoms with E-state index in [0.29, 0.717) is 5.69 Å². The Bertz CT molecular complexity index is 1100. The summed E-state index contributed by atoms with van der Waals surface area (Å²) in [6, 6.07) is 0. The van der Waals surface area contributed by atoms with Crippen LogP contribution < -0.4 is 10.6 Å². The minimum atomic E-state index is -2.65. The quantitative estimate of drug-likeness (QED) is 0.319. The van der Waals surface area contributed by atoms with Gasteiger partial charge in [-0.15, -0.1) is 5.10 Å². The monoisotopic (exact) mass is 439 g/mol. The fourth-order valence-corrected chi connectivity index (χ4v) is 3.24. The van der Waals surface area contributed by atoms with Crippen LogP contribution in [0.1, 0.15) is 11.9 Å². The number of nitrogens with zero attached hydrogens (tertiary/aromatic N) is 6. The lowest BCUT2D eigenvalue weighted by Crippen LogP contribution is -2.41. The molecule has 1 aliphatic rings. The van der Waals surface area contributed by atoms with Crippen LogP contribution in [0, 0.1) is 6.92 Å². The maximum absolute atomic E-state index is 12.8. The molecule has 4 rings (SSSR count). The molecule has 1 fully saturated rings. The first kappa shape index (κ1) is 21.0. The molecule has 4 heterocycles. The number of aryl methyl sites for hydroxylation is 1. The van der Waals surface area contributed by atoms with E-state index in [1.807, 2.05) is 0 Å². The summed E-state index contributed by atoms with van der Waals surface area (Å²) >= 11 is 0. The number of rotatable bonds is 6. The van der Waals surface area contributed by atoms with E-state index in [1.54, 1.807) is 6.92 Å². The Morgan fingerprint density at radius 2 is 2.13 bits per heavy atom. The van der Waals surface area contributed by atoms with Gasteiger partial charge in [0.05, 0.1) is 18.6 Å². The number of aromatic amines is 1. The average molecular weight is 439 g/mol. The van der Waals surface area contributed by atoms with Gasteiger partial charge in [-0.25, -0.2) is 23.7 Å². The van der Waals surface area contributed by atoms with E-state index in [0.717, 1.165) is 0 Å². The molecule has 4 atom stereocenters. The van der Waals surface area contributed by atoms with Crippen molar-refractivity contribution in [2.24, 2.45) is 0 Å². The predicted octanol–water partition coefficient (Wildman–Crippen LogP) is -1.04. The van der Waals surface area contributed by atoms with Gasteiger partial charge in [-0.1, -0.05) is 5.21 Å². The van der Waals surface area contributed by atoms with Crippen LogP contribution in [0.5, 0.6) is 0 Å². The lowest BCUT2D eigenvalue weighted by Gasteiger charge is -2.17. The van der Waals surface area contributed by atoms with Crippen molar-refractivity contribution in [1.82, 2.24) is 40.2 Å². The fourth-order valence-electron chi connectivity index (χ4n) is 3.24. The number of ether oxygens (including phenoxy) is 1. The lowest BCUT2D eigenvalue weighted by molar-refractivity contribution is -0.137. The summed E-state index contributed by atoms with van der Waals surface area (Å²) in [5.41, 5.74) is 1.06. The number of fused-ring (bicyclic) bond motifs is 1. The highest BCUT2D eigenvalue weighted by atomic mass is 19.3. The van der Waals surface area contributed by atoms with Gasteiger partial charge >= 0.3 is 0 Å². The van der Waals surface area contributed by atoms with Crippen LogP contribution in [0.4, 0.5) is 14.6 Å². The molecule has 0 radical (unpaired) electrons. The summed E-state index contributed by atoms with van der Waals surface area (Å²) in [5.74, 6) is -0.545. The third-order valence-corrected chi connectivity index (χ3v) is 4.80. The molecule has 0 aromatic carbocycles. The number of halogens is 2. The molecule has 15 heteroatoms. The maximum atomic E-state index is 12.8. The number of nitrogens with one attached hydrogen (secondary N) is 3. The van der Waals surface area contributed by atoms with Crippen LogP contribution in [-0.2, 0) is 9.53 Å². The summed E-state index contributed by atoms with van der Waals surface area (Å²) in [7, 11) is 1.37. The number of likely N-dealkylation sites (N-methyl/N-ethyl adjacent to an activating group) is 1. The Morgan fingerprint density at radius 3 is 2.77 bits per heavy atom. The molecule has 166 valence electrons. The largest absolute Gasteiger partial charge is 0.387 e. The summed E-state index contributed by atoms with van der Waals surface area (Å²) in [4.78, 5) is 24.7. The van der Waals surface area contributed by atoms with Gasteiger partial charge in [0.25, 0.3) is 12.3 Å². The second-order valence-corrected chi connectivity index (χ2v) is 6.82. The standard InChI is InChI=1S/C16H19F2N9O4/c1-5-7(25-26-24-5)13-22-12(20-3-6(17)18)8-14(23-13)27(4-21-8)16-10(29)9(28)11(31-16)15(30)19-2/h4,6,9-11,16,28-29H,3H2,1-2H3,(H,19,30)(H,20,22,23)(H,24,25,26)/t9-,10+,11-,16+/m0/s1. The van der Waals surface area contributed by atoms with Crippen molar-refractivity contribution in [1.29, 1.82) is 0 Å². The Kier molecular flexibility index (Phi) is 5.47. The van der Waals surface area contributed by atoms with Gasteiger partial charge in [-0.05, 0) is 6.92 Å². The van der Waals surface area contributed by atoms with Gasteiger partial charge in [0.15, 0.2) is 40.8 Å². The SMILES string of the molecule is CNC(=O)[C@H]1O[C@@H](n2cnc3c(NCC(F)F)nc(-c4nn[nH]c4C)nc32)[C@H](O)[C@@H]1O. The lowest BCUT2D eigenvalue weighted by atomic mass is 10.1. The van der Waals surface area contributed by atoms with Crippen molar-refractivity contribution >= 4 is 22.9 Å². The van der Waals surface area contributed by atoms with Crippen LogP contribution in [0.2, 0.25) is 0 Å². The second-order valence-electron chi connectivity index (χ2n) is 6.82. The van der Waals surface area contributed by atoms with Crippen LogP contribution in [0.15, 0.2) is 6.33 Å². The van der Waals surface area contributed by atoms with E-state index in [-0.39, 0.29) is 28.5 Å². The fraction of sp³-hybridized carbons (Fsp3) is 0.500. The number of carbonyl (C=O) groups is 1. The number of anilines is 1. The van der Waals surface area contributed by atoms with Gasteiger partial charge in [0.2, 0.25) is 0 Å². The van der Waals surface area contributed by atoms with E-state index >= 15 is 0 Å². The molecule has 0 spiro atoms. The van der Waals surface area contributed by atoms with Crippen molar-refractivity contribution in [3.8, 4) is 11.5 Å². The number of aliphatic hydroxyl groups excluding tert-OH is 2. The molecule has 1 amide bonds. The summed E-state index contributed by atoms with van der Waals surface area (Å²) in [5, 5.41) is 35.8. The molecule has 0 bridgehead atoms. The molecular weight excluding hydrogens is 420 g/mol. The number of aromatic nitrogens is 7. The number of aliphatic hydroxyl groups is 2. The van der Waals surface area contributed by atoms with Gasteiger partial charge in [0.1, 0.15) is 12.2 Å². The first-order valence-corrected chi connectivity index (χ1v) is 9.19. The predicted molar refractivity (Wildman–Crippen MR) is 99.9 cm³/mol. The molecule has 0 unspecified atom stereocenters. The Morgan fingerprint density at radius 1 is 1.35 bits per heavy atom. The zero-order valence-electron chi connectivity index (χ0n) is 16.3. The van der Waals surface area contributed by atoms with E-state index in [4.69, 9.17) is 4.74 Å². The molecule has 13 nitrogen and oxygen atoms in total. The third-order valence-electron chi connectivity index (χ3n) is 4.80. The Labute approximate surface area is 172 Å². The summed E-state index contributed by atoms with van der Waals surface area (Å²) in [6.07, 6.45) is -6.92. The molecule has 31 heavy (non-hydrogen) atoms. The van der Waals surface area contributed by atoms with Crippen LogP contribution in [-0.4, -0.2) is 89.4 Å². The number of amides is 1. The summed E-state index contributed by atoms with van der Waals surface area (Å²) < 4.78 is 32.4.